The molecule has 10 heteroatoms. The van der Waals surface area contributed by atoms with Crippen LogP contribution in [0, 0.1) is 12.7 Å². The summed E-state index contributed by atoms with van der Waals surface area (Å²) >= 11 is 6.33. The monoisotopic (exact) mass is 661 g/mol. The number of hydrogen-bond donors (Lipinski definition) is 1. The number of benzene rings is 4. The minimum absolute atomic E-state index is 0.0114. The van der Waals surface area contributed by atoms with Gasteiger partial charge in [0.25, 0.3) is 10.0 Å². The first-order valence-electron chi connectivity index (χ1n) is 15.3. The lowest BCUT2D eigenvalue weighted by molar-refractivity contribution is -0.140. The summed E-state index contributed by atoms with van der Waals surface area (Å²) in [4.78, 5) is 29.9. The summed E-state index contributed by atoms with van der Waals surface area (Å²) in [6.45, 7) is 0.845. The number of aryl methyl sites for hydroxylation is 1. The van der Waals surface area contributed by atoms with Gasteiger partial charge in [-0.3, -0.25) is 13.9 Å². The molecule has 2 amide bonds. The third-order valence-electron chi connectivity index (χ3n) is 8.32. The molecule has 240 valence electrons. The van der Waals surface area contributed by atoms with E-state index < -0.39 is 34.3 Å². The molecule has 0 spiro atoms. The van der Waals surface area contributed by atoms with Crippen LogP contribution in [0.2, 0.25) is 5.02 Å². The Labute approximate surface area is 275 Å². The topological polar surface area (TPSA) is 86.8 Å². The number of rotatable bonds is 12. The highest BCUT2D eigenvalue weighted by molar-refractivity contribution is 7.92. The van der Waals surface area contributed by atoms with E-state index in [4.69, 9.17) is 11.6 Å². The maximum Gasteiger partial charge on any atom is 0.264 e. The number of anilines is 1. The SMILES string of the molecule is Cc1ccc(Cl)cc1N(CC(=O)N(Cc1ccccc1F)[C@H](Cc1ccccc1)C(=O)NC1CCCC1)S(=O)(=O)c1ccccc1. The van der Waals surface area contributed by atoms with Gasteiger partial charge >= 0.3 is 0 Å². The Morgan fingerprint density at radius 1 is 0.913 bits per heavy atom. The first kappa shape index (κ1) is 33.2. The summed E-state index contributed by atoms with van der Waals surface area (Å²) in [6, 6.07) is 26.9. The lowest BCUT2D eigenvalue weighted by atomic mass is 10.0. The zero-order chi connectivity index (χ0) is 32.7. The van der Waals surface area contributed by atoms with E-state index in [0.717, 1.165) is 35.6 Å². The Morgan fingerprint density at radius 2 is 1.54 bits per heavy atom. The molecule has 5 rings (SSSR count). The fourth-order valence-corrected chi connectivity index (χ4v) is 7.47. The van der Waals surface area contributed by atoms with Gasteiger partial charge in [-0.15, -0.1) is 0 Å². The molecule has 46 heavy (non-hydrogen) atoms. The normalized spacial score (nSPS) is 14.1. The van der Waals surface area contributed by atoms with Crippen LogP contribution in [0.15, 0.2) is 108 Å². The Hall–Kier alpha value is -4.21. The predicted octanol–water partition coefficient (Wildman–Crippen LogP) is 6.68. The molecule has 0 heterocycles. The van der Waals surface area contributed by atoms with E-state index in [0.29, 0.717) is 10.6 Å². The minimum atomic E-state index is -4.27. The number of amides is 2. The van der Waals surface area contributed by atoms with Crippen molar-refractivity contribution in [2.75, 3.05) is 10.8 Å². The molecule has 0 saturated heterocycles. The van der Waals surface area contributed by atoms with E-state index in [9.17, 15) is 18.0 Å². The Bertz CT molecular complexity index is 1770. The van der Waals surface area contributed by atoms with Gasteiger partial charge in [0.1, 0.15) is 18.4 Å². The first-order valence-corrected chi connectivity index (χ1v) is 17.2. The van der Waals surface area contributed by atoms with Gasteiger partial charge in [-0.25, -0.2) is 12.8 Å². The zero-order valence-corrected chi connectivity index (χ0v) is 27.2. The molecule has 1 saturated carbocycles. The quantitative estimate of drug-likeness (QED) is 0.184. The number of sulfonamides is 1. The zero-order valence-electron chi connectivity index (χ0n) is 25.6. The Balaban J connectivity index is 1.59. The number of carbonyl (C=O) groups excluding carboxylic acids is 2. The summed E-state index contributed by atoms with van der Waals surface area (Å²) in [7, 11) is -4.27. The summed E-state index contributed by atoms with van der Waals surface area (Å²) in [5.74, 6) is -1.56. The van der Waals surface area contributed by atoms with Crippen LogP contribution in [0.5, 0.6) is 0 Å². The van der Waals surface area contributed by atoms with Crippen LogP contribution in [-0.2, 0) is 32.6 Å². The molecule has 7 nitrogen and oxygen atoms in total. The fraction of sp³-hybridized carbons (Fsp3) is 0.278. The molecule has 0 radical (unpaired) electrons. The molecule has 0 aliphatic heterocycles. The number of carbonyl (C=O) groups is 2. The molecule has 0 bridgehead atoms. The third kappa shape index (κ3) is 7.95. The number of nitrogens with zero attached hydrogens (tertiary/aromatic N) is 2. The molecule has 0 aromatic heterocycles. The molecule has 1 aliphatic rings. The van der Waals surface area contributed by atoms with Crippen LogP contribution in [0.25, 0.3) is 0 Å². The van der Waals surface area contributed by atoms with Crippen molar-refractivity contribution in [2.45, 2.75) is 62.6 Å². The van der Waals surface area contributed by atoms with Crippen LogP contribution in [0.4, 0.5) is 10.1 Å². The standard InChI is InChI=1S/C36H37ClFN3O4S/c1-26-20-21-29(37)23-33(26)41(46(44,45)31-17-6-3-7-18-31)25-35(42)40(24-28-14-8-11-19-32(28)38)34(22-27-12-4-2-5-13-27)36(43)39-30-15-9-10-16-30/h2-8,11-14,17-21,23,30,34H,9-10,15-16,22,24-25H2,1H3,(H,39,43)/t34-/m1/s1. The second-order valence-corrected chi connectivity index (χ2v) is 13.9. The molecule has 1 aliphatic carbocycles. The van der Waals surface area contributed by atoms with Gasteiger partial charge in [0.15, 0.2) is 0 Å². The van der Waals surface area contributed by atoms with E-state index in [1.54, 1.807) is 55.5 Å². The average Bonchev–Trinajstić information content (AvgIpc) is 3.57. The van der Waals surface area contributed by atoms with Crippen LogP contribution in [-0.4, -0.2) is 43.8 Å². The molecule has 4 aromatic rings. The average molecular weight is 662 g/mol. The highest BCUT2D eigenvalue weighted by Gasteiger charge is 2.36. The maximum atomic E-state index is 15.1. The summed E-state index contributed by atoms with van der Waals surface area (Å²) in [6.07, 6.45) is 3.82. The number of hydrogen-bond acceptors (Lipinski definition) is 4. The molecule has 1 fully saturated rings. The van der Waals surface area contributed by atoms with Crippen LogP contribution < -0.4 is 9.62 Å². The predicted molar refractivity (Wildman–Crippen MR) is 178 cm³/mol. The van der Waals surface area contributed by atoms with Crippen molar-refractivity contribution in [3.63, 3.8) is 0 Å². The van der Waals surface area contributed by atoms with Crippen molar-refractivity contribution >= 4 is 39.1 Å². The van der Waals surface area contributed by atoms with Crippen LogP contribution >= 0.6 is 11.6 Å². The van der Waals surface area contributed by atoms with Gasteiger partial charge in [0.2, 0.25) is 11.8 Å². The van der Waals surface area contributed by atoms with E-state index in [1.807, 2.05) is 30.3 Å². The van der Waals surface area contributed by atoms with Crippen LogP contribution in [0.3, 0.4) is 0 Å². The van der Waals surface area contributed by atoms with Crippen molar-refractivity contribution in [2.24, 2.45) is 0 Å². The summed E-state index contributed by atoms with van der Waals surface area (Å²) in [5, 5.41) is 3.41. The number of halogens is 2. The van der Waals surface area contributed by atoms with E-state index in [2.05, 4.69) is 5.32 Å². The van der Waals surface area contributed by atoms with E-state index in [-0.39, 0.29) is 41.1 Å². The van der Waals surface area contributed by atoms with Gasteiger partial charge in [-0.2, -0.15) is 0 Å². The van der Waals surface area contributed by atoms with Crippen LogP contribution in [0.1, 0.15) is 42.4 Å². The van der Waals surface area contributed by atoms with Gasteiger partial charge in [0.05, 0.1) is 10.6 Å². The lowest BCUT2D eigenvalue weighted by Crippen LogP contribution is -2.54. The van der Waals surface area contributed by atoms with Gasteiger partial charge in [-0.05, 0) is 61.2 Å². The molecule has 1 N–H and O–H groups in total. The minimum Gasteiger partial charge on any atom is -0.352 e. The van der Waals surface area contributed by atoms with Crippen molar-refractivity contribution in [3.05, 3.63) is 131 Å². The van der Waals surface area contributed by atoms with Crippen molar-refractivity contribution in [1.29, 1.82) is 0 Å². The summed E-state index contributed by atoms with van der Waals surface area (Å²) < 4.78 is 44.5. The molecule has 1 atom stereocenters. The maximum absolute atomic E-state index is 15.1. The third-order valence-corrected chi connectivity index (χ3v) is 10.3. The molecule has 4 aromatic carbocycles. The highest BCUT2D eigenvalue weighted by atomic mass is 35.5. The van der Waals surface area contributed by atoms with Crippen molar-refractivity contribution < 1.29 is 22.4 Å². The smallest absolute Gasteiger partial charge is 0.264 e. The number of nitrogens with one attached hydrogen (secondary N) is 1. The van der Waals surface area contributed by atoms with E-state index in [1.165, 1.54) is 29.2 Å². The van der Waals surface area contributed by atoms with Gasteiger partial charge < -0.3 is 10.2 Å². The highest BCUT2D eigenvalue weighted by Crippen LogP contribution is 2.30. The molecular formula is C36H37ClFN3O4S. The fourth-order valence-electron chi connectivity index (χ4n) is 5.82. The van der Waals surface area contributed by atoms with Crippen molar-refractivity contribution in [3.8, 4) is 0 Å². The second kappa shape index (κ2) is 14.9. The largest absolute Gasteiger partial charge is 0.352 e. The second-order valence-electron chi connectivity index (χ2n) is 11.6. The molecule has 0 unspecified atom stereocenters. The van der Waals surface area contributed by atoms with E-state index >= 15 is 4.39 Å². The van der Waals surface area contributed by atoms with Crippen molar-refractivity contribution in [1.82, 2.24) is 10.2 Å². The van der Waals surface area contributed by atoms with Gasteiger partial charge in [0, 0.05) is 29.6 Å². The molecular weight excluding hydrogens is 625 g/mol. The first-order chi connectivity index (χ1) is 22.1. The Morgan fingerprint density at radius 3 is 2.22 bits per heavy atom. The Kier molecular flexibility index (Phi) is 10.8. The van der Waals surface area contributed by atoms with Gasteiger partial charge in [-0.1, -0.05) is 97.2 Å². The lowest BCUT2D eigenvalue weighted by Gasteiger charge is -2.34. The summed E-state index contributed by atoms with van der Waals surface area (Å²) in [5.41, 5.74) is 1.82.